The molecule has 0 aromatic carbocycles. The van der Waals surface area contributed by atoms with Crippen LogP contribution in [0, 0.1) is 56.7 Å². The summed E-state index contributed by atoms with van der Waals surface area (Å²) in [5.41, 5.74) is 1.09. The average molecular weight is 501 g/mol. The number of hydrogen-bond donors (Lipinski definition) is 2. The first-order chi connectivity index (χ1) is 16.5. The largest absolute Gasteiger partial charge is 0.462 e. The Hall–Kier alpha value is -0.870. The Morgan fingerprint density at radius 3 is 2.28 bits per heavy atom. The molecule has 0 aliphatic heterocycles. The molecular formula is C32H52O4. The van der Waals surface area contributed by atoms with Gasteiger partial charge in [0.1, 0.15) is 6.10 Å². The van der Waals surface area contributed by atoms with Crippen LogP contribution < -0.4 is 0 Å². The molecule has 5 aliphatic rings. The molecule has 4 nitrogen and oxygen atoms in total. The maximum atomic E-state index is 12.1. The van der Waals surface area contributed by atoms with Crippen LogP contribution in [-0.4, -0.2) is 34.5 Å². The van der Waals surface area contributed by atoms with Gasteiger partial charge in [-0.2, -0.15) is 0 Å². The molecule has 0 unspecified atom stereocenters. The second kappa shape index (κ2) is 8.07. The number of esters is 1. The normalized spacial score (nSPS) is 55.8. The fraction of sp³-hybridized carbons (Fsp3) is 0.906. The van der Waals surface area contributed by atoms with Gasteiger partial charge in [-0.25, -0.2) is 0 Å². The Labute approximate surface area is 219 Å². The Balaban J connectivity index is 1.62. The number of ether oxygens (including phenoxy) is 1. The van der Waals surface area contributed by atoms with Crippen LogP contribution in [0.3, 0.4) is 0 Å². The zero-order chi connectivity index (χ0) is 26.6. The SMILES string of the molecule is CC(=O)O[C@@H]1C[C@@H](O)[C@]2(C)[C@H]3[C@H](O)C=C4[C@H]5[C@@H](C)[C@H](C)CC[C@]5(C)CC[C@@]4(C)[C@]3(C)CC[C@H]2C1(C)C. The van der Waals surface area contributed by atoms with Gasteiger partial charge in [-0.05, 0) is 78.4 Å². The molecule has 0 bridgehead atoms. The standard InChI is InChI=1S/C32H52O4/c1-18-10-12-29(6)14-15-30(7)21(26(29)19(18)2)16-22(34)27-31(30,8)13-11-23-28(4,5)25(36-20(3)33)17-24(35)32(23,27)9/h16,18-19,22-27,34-35H,10-15,17H2,1-9H3/t18-,19+,22-,23+,24-,25-,26-,27+,29-,30-,31-,32-/m1/s1. The topological polar surface area (TPSA) is 66.8 Å². The molecule has 0 aromatic rings. The molecule has 0 radical (unpaired) electrons. The Morgan fingerprint density at radius 1 is 0.972 bits per heavy atom. The highest BCUT2D eigenvalue weighted by atomic mass is 16.5. The van der Waals surface area contributed by atoms with Crippen LogP contribution in [0.5, 0.6) is 0 Å². The molecule has 4 fully saturated rings. The molecule has 4 saturated carbocycles. The van der Waals surface area contributed by atoms with Gasteiger partial charge in [0, 0.05) is 30.1 Å². The van der Waals surface area contributed by atoms with Crippen molar-refractivity contribution in [3.8, 4) is 0 Å². The molecule has 204 valence electrons. The summed E-state index contributed by atoms with van der Waals surface area (Å²) >= 11 is 0. The molecule has 2 N–H and O–H groups in total. The fourth-order valence-corrected chi connectivity index (χ4v) is 11.3. The van der Waals surface area contributed by atoms with Crippen LogP contribution >= 0.6 is 0 Å². The number of hydrogen-bond acceptors (Lipinski definition) is 4. The minimum absolute atomic E-state index is 0.0225. The number of allylic oxidation sites excluding steroid dienone is 1. The van der Waals surface area contributed by atoms with Gasteiger partial charge >= 0.3 is 5.97 Å². The summed E-state index contributed by atoms with van der Waals surface area (Å²) in [5.74, 6) is 1.74. The van der Waals surface area contributed by atoms with Gasteiger partial charge in [-0.3, -0.25) is 4.79 Å². The van der Waals surface area contributed by atoms with E-state index in [2.05, 4.69) is 61.5 Å². The van der Waals surface area contributed by atoms with Crippen molar-refractivity contribution in [1.29, 1.82) is 0 Å². The molecule has 0 saturated heterocycles. The summed E-state index contributed by atoms with van der Waals surface area (Å²) < 4.78 is 5.78. The lowest BCUT2D eigenvalue weighted by molar-refractivity contribution is -0.263. The van der Waals surface area contributed by atoms with Crippen molar-refractivity contribution < 1.29 is 19.7 Å². The highest BCUT2D eigenvalue weighted by Crippen LogP contribution is 2.75. The first kappa shape index (κ1) is 26.7. The molecule has 4 heteroatoms. The number of aliphatic hydroxyl groups excluding tert-OH is 2. The lowest BCUT2D eigenvalue weighted by Crippen LogP contribution is -2.71. The number of aliphatic hydroxyl groups is 2. The third kappa shape index (κ3) is 3.22. The first-order valence-electron chi connectivity index (χ1n) is 14.8. The van der Waals surface area contributed by atoms with Crippen molar-refractivity contribution in [1.82, 2.24) is 0 Å². The monoisotopic (exact) mass is 500 g/mol. The van der Waals surface area contributed by atoms with E-state index >= 15 is 0 Å². The van der Waals surface area contributed by atoms with Crippen molar-refractivity contribution in [2.24, 2.45) is 56.7 Å². The zero-order valence-electron chi connectivity index (χ0n) is 24.4. The number of carbonyl (C=O) groups excluding carboxylic acids is 1. The predicted molar refractivity (Wildman–Crippen MR) is 143 cm³/mol. The summed E-state index contributed by atoms with van der Waals surface area (Å²) in [6.45, 7) is 20.5. The van der Waals surface area contributed by atoms with E-state index in [0.29, 0.717) is 29.6 Å². The van der Waals surface area contributed by atoms with Crippen molar-refractivity contribution in [2.75, 3.05) is 0 Å². The molecule has 0 spiro atoms. The van der Waals surface area contributed by atoms with Crippen LogP contribution in [0.4, 0.5) is 0 Å². The third-order valence-corrected chi connectivity index (χ3v) is 13.7. The average Bonchev–Trinajstić information content (AvgIpc) is 2.76. The second-order valence-corrected chi connectivity index (χ2v) is 15.5. The maximum Gasteiger partial charge on any atom is 0.302 e. The Morgan fingerprint density at radius 2 is 1.64 bits per heavy atom. The summed E-state index contributed by atoms with van der Waals surface area (Å²) in [6.07, 6.45) is 8.32. The summed E-state index contributed by atoms with van der Waals surface area (Å²) in [7, 11) is 0. The molecule has 5 rings (SSSR count). The van der Waals surface area contributed by atoms with Gasteiger partial charge in [-0.1, -0.05) is 67.0 Å². The highest BCUT2D eigenvalue weighted by Gasteiger charge is 2.72. The van der Waals surface area contributed by atoms with Crippen molar-refractivity contribution in [3.05, 3.63) is 11.6 Å². The first-order valence-corrected chi connectivity index (χ1v) is 14.8. The summed E-state index contributed by atoms with van der Waals surface area (Å²) in [5, 5.41) is 23.9. The molecule has 12 atom stereocenters. The van der Waals surface area contributed by atoms with Gasteiger partial charge in [0.2, 0.25) is 0 Å². The van der Waals surface area contributed by atoms with E-state index in [4.69, 9.17) is 4.74 Å². The van der Waals surface area contributed by atoms with E-state index in [1.54, 1.807) is 0 Å². The number of fused-ring (bicyclic) bond motifs is 7. The quantitative estimate of drug-likeness (QED) is 0.317. The van der Waals surface area contributed by atoms with Crippen molar-refractivity contribution in [2.45, 2.75) is 126 Å². The van der Waals surface area contributed by atoms with Crippen molar-refractivity contribution in [3.63, 3.8) is 0 Å². The van der Waals surface area contributed by atoms with E-state index < -0.39 is 17.6 Å². The smallest absolute Gasteiger partial charge is 0.302 e. The lowest BCUT2D eigenvalue weighted by Gasteiger charge is -2.72. The van der Waals surface area contributed by atoms with E-state index in [-0.39, 0.29) is 40.2 Å². The molecule has 5 aliphatic carbocycles. The minimum Gasteiger partial charge on any atom is -0.462 e. The van der Waals surface area contributed by atoms with Crippen LogP contribution in [0.25, 0.3) is 0 Å². The second-order valence-electron chi connectivity index (χ2n) is 15.5. The molecule has 0 heterocycles. The van der Waals surface area contributed by atoms with E-state index in [9.17, 15) is 15.0 Å². The molecular weight excluding hydrogens is 448 g/mol. The minimum atomic E-state index is -0.611. The van der Waals surface area contributed by atoms with Crippen LogP contribution in [0.1, 0.15) is 107 Å². The van der Waals surface area contributed by atoms with Gasteiger partial charge in [0.15, 0.2) is 0 Å². The lowest BCUT2D eigenvalue weighted by atomic mass is 9.32. The van der Waals surface area contributed by atoms with Crippen LogP contribution in [-0.2, 0) is 9.53 Å². The number of carbonyl (C=O) groups is 1. The van der Waals surface area contributed by atoms with Gasteiger partial charge in [0.25, 0.3) is 0 Å². The molecule has 36 heavy (non-hydrogen) atoms. The Kier molecular flexibility index (Phi) is 5.99. The summed E-state index contributed by atoms with van der Waals surface area (Å²) in [4.78, 5) is 11.9. The van der Waals surface area contributed by atoms with Gasteiger partial charge < -0.3 is 14.9 Å². The zero-order valence-corrected chi connectivity index (χ0v) is 24.4. The van der Waals surface area contributed by atoms with Gasteiger partial charge in [-0.15, -0.1) is 0 Å². The van der Waals surface area contributed by atoms with Crippen LogP contribution in [0.2, 0.25) is 0 Å². The highest BCUT2D eigenvalue weighted by molar-refractivity contribution is 5.66. The maximum absolute atomic E-state index is 12.1. The number of rotatable bonds is 1. The van der Waals surface area contributed by atoms with E-state index in [1.165, 1.54) is 38.2 Å². The Bertz CT molecular complexity index is 954. The molecule has 0 aromatic heterocycles. The summed E-state index contributed by atoms with van der Waals surface area (Å²) in [6, 6.07) is 0. The van der Waals surface area contributed by atoms with E-state index in [1.807, 2.05) is 0 Å². The van der Waals surface area contributed by atoms with Gasteiger partial charge in [0.05, 0.1) is 12.2 Å². The molecule has 0 amide bonds. The van der Waals surface area contributed by atoms with Crippen molar-refractivity contribution >= 4 is 5.97 Å². The van der Waals surface area contributed by atoms with Crippen LogP contribution in [0.15, 0.2) is 11.6 Å². The predicted octanol–water partition coefficient (Wildman–Crippen LogP) is 6.54. The fourth-order valence-electron chi connectivity index (χ4n) is 11.3. The van der Waals surface area contributed by atoms with E-state index in [0.717, 1.165) is 12.8 Å². The third-order valence-electron chi connectivity index (χ3n) is 13.7.